The Labute approximate surface area is 117 Å². The largest absolute Gasteiger partial charge is 0.508 e. The highest BCUT2D eigenvalue weighted by Gasteiger charge is 2.81. The fourth-order valence-electron chi connectivity index (χ4n) is 1.21. The number of halogens is 9. The van der Waals surface area contributed by atoms with Crippen molar-refractivity contribution in [3.63, 3.8) is 0 Å². The molecule has 1 N–H and O–H groups in total. The summed E-state index contributed by atoms with van der Waals surface area (Å²) in [6.45, 7) is -2.42. The Morgan fingerprint density at radius 3 is 1.64 bits per heavy atom. The molecule has 0 radical (unpaired) electrons. The Kier molecular flexibility index (Phi) is 4.50. The molecule has 0 spiro atoms. The summed E-state index contributed by atoms with van der Waals surface area (Å²) in [5.74, 6) is -20.3. The van der Waals surface area contributed by atoms with Crippen LogP contribution in [-0.4, -0.2) is 35.7 Å². The van der Waals surface area contributed by atoms with Crippen LogP contribution in [0.4, 0.5) is 39.5 Å². The number of aromatic hydroxyl groups is 1. The van der Waals surface area contributed by atoms with Crippen molar-refractivity contribution in [3.05, 3.63) is 24.3 Å². The van der Waals surface area contributed by atoms with Gasteiger partial charge < -0.3 is 9.84 Å². The summed E-state index contributed by atoms with van der Waals surface area (Å²) in [5.41, 5.74) is 0. The van der Waals surface area contributed by atoms with E-state index in [1.54, 1.807) is 0 Å². The minimum atomic E-state index is -6.94. The standard InChI is InChI=1S/C11H7F9O2/c12-8(13,5-22-7-3-1-6(21)2-4-7)9(14,15)10(16,17)11(18,19)20/h1-4,21H,5H2. The molecule has 0 fully saturated rings. The number of benzene rings is 1. The van der Waals surface area contributed by atoms with Gasteiger partial charge >= 0.3 is 23.9 Å². The predicted octanol–water partition coefficient (Wildman–Crippen LogP) is 4.24. The summed E-state index contributed by atoms with van der Waals surface area (Å²) in [7, 11) is 0. The zero-order chi connectivity index (χ0) is 17.4. The number of hydrogen-bond donors (Lipinski definition) is 1. The fraction of sp³-hybridized carbons (Fsp3) is 0.455. The first-order valence-electron chi connectivity index (χ1n) is 5.34. The molecular formula is C11H7F9O2. The first-order chi connectivity index (χ1) is 9.72. The third kappa shape index (κ3) is 3.17. The molecular weight excluding hydrogens is 335 g/mol. The van der Waals surface area contributed by atoms with Crippen molar-refractivity contribution < 1.29 is 49.4 Å². The lowest BCUT2D eigenvalue weighted by atomic mass is 10.0. The lowest BCUT2D eigenvalue weighted by Crippen LogP contribution is -2.62. The number of alkyl halides is 9. The highest BCUT2D eigenvalue weighted by Crippen LogP contribution is 2.53. The molecule has 0 atom stereocenters. The highest BCUT2D eigenvalue weighted by atomic mass is 19.4. The van der Waals surface area contributed by atoms with Crippen molar-refractivity contribution >= 4 is 0 Å². The Balaban J connectivity index is 2.94. The van der Waals surface area contributed by atoms with Crippen LogP contribution in [-0.2, 0) is 0 Å². The van der Waals surface area contributed by atoms with Crippen LogP contribution in [0.15, 0.2) is 24.3 Å². The fourth-order valence-corrected chi connectivity index (χ4v) is 1.21. The topological polar surface area (TPSA) is 29.5 Å². The summed E-state index contributed by atoms with van der Waals surface area (Å²) in [5, 5.41) is 8.86. The third-order valence-electron chi connectivity index (χ3n) is 2.47. The third-order valence-corrected chi connectivity index (χ3v) is 2.47. The predicted molar refractivity (Wildman–Crippen MR) is 54.5 cm³/mol. The molecule has 1 aromatic carbocycles. The van der Waals surface area contributed by atoms with Gasteiger partial charge in [-0.2, -0.15) is 39.5 Å². The maximum atomic E-state index is 13.1. The number of ether oxygens (including phenoxy) is 1. The summed E-state index contributed by atoms with van der Waals surface area (Å²) >= 11 is 0. The molecule has 11 heteroatoms. The second kappa shape index (κ2) is 5.43. The van der Waals surface area contributed by atoms with Crippen LogP contribution in [0, 0.1) is 0 Å². The Morgan fingerprint density at radius 2 is 1.23 bits per heavy atom. The molecule has 0 saturated heterocycles. The van der Waals surface area contributed by atoms with E-state index in [-0.39, 0.29) is 5.75 Å². The first-order valence-corrected chi connectivity index (χ1v) is 5.34. The van der Waals surface area contributed by atoms with Gasteiger partial charge in [-0.25, -0.2) is 0 Å². The van der Waals surface area contributed by atoms with E-state index in [1.807, 2.05) is 0 Å². The van der Waals surface area contributed by atoms with Gasteiger partial charge in [0.1, 0.15) is 11.5 Å². The van der Waals surface area contributed by atoms with Gasteiger partial charge in [-0.1, -0.05) is 0 Å². The second-order valence-corrected chi connectivity index (χ2v) is 4.13. The first kappa shape index (κ1) is 18.2. The van der Waals surface area contributed by atoms with Gasteiger partial charge in [-0.05, 0) is 24.3 Å². The van der Waals surface area contributed by atoms with E-state index in [2.05, 4.69) is 4.74 Å². The van der Waals surface area contributed by atoms with Crippen molar-refractivity contribution in [2.75, 3.05) is 6.61 Å². The summed E-state index contributed by atoms with van der Waals surface area (Å²) in [4.78, 5) is 0. The molecule has 0 aliphatic carbocycles. The van der Waals surface area contributed by atoms with Gasteiger partial charge in [-0.3, -0.25) is 0 Å². The normalized spacial score (nSPS) is 14.0. The zero-order valence-corrected chi connectivity index (χ0v) is 10.3. The number of rotatable bonds is 5. The number of hydrogen-bond acceptors (Lipinski definition) is 2. The second-order valence-electron chi connectivity index (χ2n) is 4.13. The van der Waals surface area contributed by atoms with Crippen LogP contribution >= 0.6 is 0 Å². The van der Waals surface area contributed by atoms with Gasteiger partial charge in [0.15, 0.2) is 6.61 Å². The van der Waals surface area contributed by atoms with Gasteiger partial charge in [0.2, 0.25) is 0 Å². The maximum Gasteiger partial charge on any atom is 0.460 e. The summed E-state index contributed by atoms with van der Waals surface area (Å²) in [6, 6.07) is 3.45. The van der Waals surface area contributed by atoms with Crippen molar-refractivity contribution in [1.82, 2.24) is 0 Å². The zero-order valence-electron chi connectivity index (χ0n) is 10.3. The quantitative estimate of drug-likeness (QED) is 0.811. The van der Waals surface area contributed by atoms with E-state index in [0.29, 0.717) is 0 Å². The molecule has 126 valence electrons. The Hall–Kier alpha value is -1.81. The van der Waals surface area contributed by atoms with E-state index in [0.717, 1.165) is 24.3 Å². The monoisotopic (exact) mass is 342 g/mol. The molecule has 1 aromatic rings. The molecule has 0 aromatic heterocycles. The van der Waals surface area contributed by atoms with Crippen LogP contribution < -0.4 is 4.74 Å². The van der Waals surface area contributed by atoms with Crippen LogP contribution in [0.1, 0.15) is 0 Å². The van der Waals surface area contributed by atoms with Crippen LogP contribution in [0.5, 0.6) is 11.5 Å². The average Bonchev–Trinajstić information content (AvgIpc) is 2.36. The van der Waals surface area contributed by atoms with Crippen molar-refractivity contribution in [2.45, 2.75) is 23.9 Å². The van der Waals surface area contributed by atoms with E-state index >= 15 is 0 Å². The smallest absolute Gasteiger partial charge is 0.460 e. The minimum Gasteiger partial charge on any atom is -0.508 e. The summed E-state index contributed by atoms with van der Waals surface area (Å²) < 4.78 is 117. The van der Waals surface area contributed by atoms with Crippen molar-refractivity contribution in [1.29, 1.82) is 0 Å². The minimum absolute atomic E-state index is 0.340. The van der Waals surface area contributed by atoms with Gasteiger partial charge in [0, 0.05) is 0 Å². The average molecular weight is 342 g/mol. The van der Waals surface area contributed by atoms with Gasteiger partial charge in [0.25, 0.3) is 0 Å². The van der Waals surface area contributed by atoms with E-state index in [1.165, 1.54) is 0 Å². The number of phenolic OH excluding ortho intramolecular Hbond substituents is 1. The van der Waals surface area contributed by atoms with Crippen LogP contribution in [0.25, 0.3) is 0 Å². The lowest BCUT2D eigenvalue weighted by molar-refractivity contribution is -0.398. The Morgan fingerprint density at radius 1 is 0.773 bits per heavy atom. The maximum absolute atomic E-state index is 13.1. The van der Waals surface area contributed by atoms with Gasteiger partial charge in [-0.15, -0.1) is 0 Å². The van der Waals surface area contributed by atoms with Crippen molar-refractivity contribution in [3.8, 4) is 11.5 Å². The molecule has 0 heterocycles. The molecule has 0 amide bonds. The van der Waals surface area contributed by atoms with Crippen molar-refractivity contribution in [2.24, 2.45) is 0 Å². The van der Waals surface area contributed by atoms with Crippen LogP contribution in [0.2, 0.25) is 0 Å². The lowest BCUT2D eigenvalue weighted by Gasteiger charge is -2.33. The number of phenols is 1. The summed E-state index contributed by atoms with van der Waals surface area (Å²) in [6.07, 6.45) is -6.86. The molecule has 22 heavy (non-hydrogen) atoms. The molecule has 1 rings (SSSR count). The Bertz CT molecular complexity index is 507. The molecule has 0 bridgehead atoms. The SMILES string of the molecule is Oc1ccc(OCC(F)(F)C(F)(F)C(F)(F)C(F)(F)F)cc1. The van der Waals surface area contributed by atoms with Gasteiger partial charge in [0.05, 0.1) is 0 Å². The molecule has 0 aliphatic heterocycles. The molecule has 0 unspecified atom stereocenters. The molecule has 0 aliphatic rings. The highest BCUT2D eigenvalue weighted by molar-refractivity contribution is 5.30. The van der Waals surface area contributed by atoms with E-state index < -0.39 is 36.3 Å². The molecule has 2 nitrogen and oxygen atoms in total. The molecule has 0 saturated carbocycles. The van der Waals surface area contributed by atoms with E-state index in [4.69, 9.17) is 5.11 Å². The van der Waals surface area contributed by atoms with Crippen LogP contribution in [0.3, 0.4) is 0 Å². The van der Waals surface area contributed by atoms with E-state index in [9.17, 15) is 39.5 Å².